The molecule has 0 aliphatic carbocycles. The number of nitrogens with zero attached hydrogens (tertiary/aromatic N) is 3. The van der Waals surface area contributed by atoms with E-state index < -0.39 is 59.5 Å². The van der Waals surface area contributed by atoms with E-state index in [0.717, 1.165) is 12.1 Å². The predicted molar refractivity (Wildman–Crippen MR) is 167 cm³/mol. The van der Waals surface area contributed by atoms with Gasteiger partial charge in [-0.3, -0.25) is 9.59 Å². The van der Waals surface area contributed by atoms with Crippen molar-refractivity contribution < 1.29 is 56.4 Å². The summed E-state index contributed by atoms with van der Waals surface area (Å²) in [4.78, 5) is 58.6. The zero-order chi connectivity index (χ0) is 35.6. The average molecular weight is 677 g/mol. The van der Waals surface area contributed by atoms with Crippen LogP contribution >= 0.6 is 0 Å². The van der Waals surface area contributed by atoms with E-state index in [1.54, 1.807) is 47.6 Å². The van der Waals surface area contributed by atoms with E-state index in [9.17, 15) is 37.5 Å². The lowest BCUT2D eigenvalue weighted by Crippen LogP contribution is -2.55. The molecule has 48 heavy (non-hydrogen) atoms. The number of aliphatic hydroxyl groups is 1. The maximum atomic E-state index is 13.2. The van der Waals surface area contributed by atoms with Crippen LogP contribution in [0.3, 0.4) is 0 Å². The number of hydrogen-bond acceptors (Lipinski definition) is 10. The van der Waals surface area contributed by atoms with Crippen LogP contribution in [0.5, 0.6) is 5.75 Å². The number of morpholine rings is 1. The number of pyridine rings is 1. The number of fused-ring (bicyclic) bond motifs is 1. The first-order valence-corrected chi connectivity index (χ1v) is 14.6. The second-order valence-electron chi connectivity index (χ2n) is 12.6. The molecule has 2 atom stereocenters. The Morgan fingerprint density at radius 3 is 2.15 bits per heavy atom. The summed E-state index contributed by atoms with van der Waals surface area (Å²) in [5.74, 6) is -2.34. The van der Waals surface area contributed by atoms with Gasteiger partial charge in [0, 0.05) is 29.5 Å². The number of hydrogen-bond donors (Lipinski definition) is 2. The molecule has 0 saturated carbocycles. The summed E-state index contributed by atoms with van der Waals surface area (Å²) in [6.07, 6.45) is -9.17. The Balaban J connectivity index is 1.53. The normalized spacial score (nSPS) is 16.2. The molecule has 0 radical (unpaired) electrons. The number of carbonyl (C=O) groups is 4. The van der Waals surface area contributed by atoms with Gasteiger partial charge in [-0.15, -0.1) is 13.2 Å². The summed E-state index contributed by atoms with van der Waals surface area (Å²) in [5, 5.41) is 14.1. The van der Waals surface area contributed by atoms with Gasteiger partial charge in [-0.2, -0.15) is 4.90 Å². The number of rotatable bonds is 6. The molecule has 2 N–H and O–H groups in total. The smallest absolute Gasteiger partial charge is 0.443 e. The maximum Gasteiger partial charge on any atom is 0.573 e. The molecular formula is C32H35F3N4O9. The molecule has 2 heterocycles. The minimum Gasteiger partial charge on any atom is -0.443 e. The zero-order valence-electron chi connectivity index (χ0n) is 27.0. The van der Waals surface area contributed by atoms with Crippen LogP contribution in [0.2, 0.25) is 0 Å². The van der Waals surface area contributed by atoms with E-state index in [1.807, 2.05) is 0 Å². The molecule has 0 unspecified atom stereocenters. The van der Waals surface area contributed by atoms with E-state index in [2.05, 4.69) is 15.0 Å². The number of amides is 4. The van der Waals surface area contributed by atoms with Crippen molar-refractivity contribution in [3.05, 3.63) is 54.7 Å². The third kappa shape index (κ3) is 9.10. The van der Waals surface area contributed by atoms with Crippen molar-refractivity contribution in [2.75, 3.05) is 28.3 Å². The van der Waals surface area contributed by atoms with Crippen molar-refractivity contribution in [3.8, 4) is 5.75 Å². The van der Waals surface area contributed by atoms with E-state index >= 15 is 0 Å². The van der Waals surface area contributed by atoms with E-state index in [-0.39, 0.29) is 30.3 Å². The second-order valence-corrected chi connectivity index (χ2v) is 12.6. The Morgan fingerprint density at radius 1 is 0.979 bits per heavy atom. The van der Waals surface area contributed by atoms with Gasteiger partial charge >= 0.3 is 18.5 Å². The van der Waals surface area contributed by atoms with Gasteiger partial charge in [0.05, 0.1) is 6.61 Å². The first-order valence-electron chi connectivity index (χ1n) is 14.6. The lowest BCUT2D eigenvalue weighted by Gasteiger charge is -2.34. The number of carbonyl (C=O) groups excluding carboxylic acids is 4. The van der Waals surface area contributed by atoms with Gasteiger partial charge in [-0.05, 0) is 95.5 Å². The fraction of sp³-hybridized carbons (Fsp3) is 0.406. The highest BCUT2D eigenvalue weighted by molar-refractivity contribution is 6.14. The molecule has 3 aromatic rings. The lowest BCUT2D eigenvalue weighted by atomic mass is 10.1. The van der Waals surface area contributed by atoms with E-state index in [1.165, 1.54) is 41.4 Å². The van der Waals surface area contributed by atoms with Crippen molar-refractivity contribution in [3.63, 3.8) is 0 Å². The van der Waals surface area contributed by atoms with Crippen LogP contribution in [-0.2, 0) is 23.8 Å². The molecule has 2 aromatic carbocycles. The van der Waals surface area contributed by atoms with Crippen LogP contribution in [0.25, 0.3) is 10.8 Å². The Bertz CT molecular complexity index is 1660. The van der Waals surface area contributed by atoms with Gasteiger partial charge in [0.1, 0.15) is 17.0 Å². The number of aliphatic hydroxyl groups excluding tert-OH is 1. The molecule has 0 bridgehead atoms. The largest absolute Gasteiger partial charge is 0.573 e. The molecule has 0 spiro atoms. The fourth-order valence-electron chi connectivity index (χ4n) is 4.55. The number of imide groups is 1. The van der Waals surface area contributed by atoms with Crippen molar-refractivity contribution in [1.82, 2.24) is 4.98 Å². The third-order valence-electron chi connectivity index (χ3n) is 6.43. The monoisotopic (exact) mass is 676 g/mol. The van der Waals surface area contributed by atoms with Crippen molar-refractivity contribution in [2.45, 2.75) is 71.3 Å². The number of ether oxygens (including phenoxy) is 4. The van der Waals surface area contributed by atoms with Crippen molar-refractivity contribution >= 4 is 52.0 Å². The van der Waals surface area contributed by atoms with Gasteiger partial charge in [-0.1, -0.05) is 0 Å². The Hall–Kier alpha value is -4.96. The number of anilines is 3. The molecule has 4 rings (SSSR count). The number of alkyl halides is 3. The van der Waals surface area contributed by atoms with Gasteiger partial charge in [0.15, 0.2) is 18.0 Å². The zero-order valence-corrected chi connectivity index (χ0v) is 27.0. The second kappa shape index (κ2) is 13.6. The van der Waals surface area contributed by atoms with Crippen LogP contribution in [0.4, 0.5) is 40.0 Å². The van der Waals surface area contributed by atoms with Crippen LogP contribution in [0.1, 0.15) is 41.5 Å². The topological polar surface area (TPSA) is 157 Å². The molecule has 1 aliphatic heterocycles. The summed E-state index contributed by atoms with van der Waals surface area (Å²) in [7, 11) is 0. The number of halogens is 3. The summed E-state index contributed by atoms with van der Waals surface area (Å²) >= 11 is 0. The molecule has 4 amide bonds. The Labute approximate surface area is 273 Å². The molecular weight excluding hydrogens is 641 g/mol. The first kappa shape index (κ1) is 35.9. The van der Waals surface area contributed by atoms with Gasteiger partial charge in [0.25, 0.3) is 11.8 Å². The lowest BCUT2D eigenvalue weighted by molar-refractivity contribution is -0.274. The third-order valence-corrected chi connectivity index (χ3v) is 6.43. The molecule has 1 aromatic heterocycles. The number of benzene rings is 2. The molecule has 258 valence electrons. The summed E-state index contributed by atoms with van der Waals surface area (Å²) in [6.45, 7) is 9.76. The quantitative estimate of drug-likeness (QED) is 0.340. The van der Waals surface area contributed by atoms with Gasteiger partial charge in [0.2, 0.25) is 0 Å². The standard InChI is InChI=1S/C32H35F3N4O9/c1-30(2,3)47-28(43)39(29(44)48-31(4,5)6)25-22-12-7-19(17-18(22)13-14-36-25)37-26(41)23(40)24-27(42)38(15-16-45-24)20-8-10-21(11-9-20)46-32(33,34)35/h7-14,17,23-24,40H,15-16H2,1-6H3,(H,37,41)/t23-,24-/m1/s1. The minimum atomic E-state index is -4.89. The minimum absolute atomic E-state index is 0.0216. The fourth-order valence-corrected chi connectivity index (χ4v) is 4.55. The van der Waals surface area contributed by atoms with E-state index in [4.69, 9.17) is 14.2 Å². The molecule has 1 saturated heterocycles. The van der Waals surface area contributed by atoms with Crippen LogP contribution in [-0.4, -0.2) is 77.0 Å². The summed E-state index contributed by atoms with van der Waals surface area (Å²) < 4.78 is 57.6. The maximum absolute atomic E-state index is 13.2. The molecule has 1 aliphatic rings. The highest BCUT2D eigenvalue weighted by Crippen LogP contribution is 2.31. The average Bonchev–Trinajstić information content (AvgIpc) is 2.95. The van der Waals surface area contributed by atoms with Crippen molar-refractivity contribution in [1.29, 1.82) is 0 Å². The van der Waals surface area contributed by atoms with Gasteiger partial charge < -0.3 is 34.3 Å². The molecule has 1 fully saturated rings. The van der Waals surface area contributed by atoms with Crippen molar-refractivity contribution in [2.24, 2.45) is 0 Å². The predicted octanol–water partition coefficient (Wildman–Crippen LogP) is 5.54. The molecule has 13 nitrogen and oxygen atoms in total. The highest BCUT2D eigenvalue weighted by Gasteiger charge is 2.40. The first-order chi connectivity index (χ1) is 22.2. The summed E-state index contributed by atoms with van der Waals surface area (Å²) in [5.41, 5.74) is -1.50. The SMILES string of the molecule is CC(C)(C)OC(=O)N(C(=O)OC(C)(C)C)c1nccc2cc(NC(=O)[C@H](O)[C@H]3OCCN(c4ccc(OC(F)(F)F)cc4)C3=O)ccc12. The van der Waals surface area contributed by atoms with Crippen LogP contribution < -0.4 is 19.9 Å². The number of aromatic nitrogens is 1. The Kier molecular flexibility index (Phi) is 10.2. The van der Waals surface area contributed by atoms with Crippen LogP contribution in [0, 0.1) is 0 Å². The van der Waals surface area contributed by atoms with E-state index in [0.29, 0.717) is 15.7 Å². The highest BCUT2D eigenvalue weighted by atomic mass is 19.4. The summed E-state index contributed by atoms with van der Waals surface area (Å²) in [6, 6.07) is 10.5. The number of nitrogens with one attached hydrogen (secondary N) is 1. The van der Waals surface area contributed by atoms with Gasteiger partial charge in [-0.25, -0.2) is 14.6 Å². The van der Waals surface area contributed by atoms with Crippen LogP contribution in [0.15, 0.2) is 54.7 Å². The molecule has 16 heteroatoms. The Morgan fingerprint density at radius 2 is 1.58 bits per heavy atom.